The quantitative estimate of drug-likeness (QED) is 0.618. The summed E-state index contributed by atoms with van der Waals surface area (Å²) in [5.74, 6) is 0.135. The van der Waals surface area contributed by atoms with Crippen LogP contribution in [0.15, 0.2) is 17.6 Å². The minimum Gasteiger partial charge on any atom is -0.481 e. The average Bonchev–Trinajstić information content (AvgIpc) is 2.77. The van der Waals surface area contributed by atoms with Crippen LogP contribution in [-0.2, 0) is 10.1 Å². The van der Waals surface area contributed by atoms with E-state index in [-0.39, 0.29) is 17.0 Å². The molecule has 0 saturated heterocycles. The summed E-state index contributed by atoms with van der Waals surface area (Å²) in [5.41, 5.74) is 0. The summed E-state index contributed by atoms with van der Waals surface area (Å²) in [6, 6.07) is 1.37. The summed E-state index contributed by atoms with van der Waals surface area (Å²) >= 11 is 5.72. The summed E-state index contributed by atoms with van der Waals surface area (Å²) in [7, 11) is -3.10. The van der Waals surface area contributed by atoms with Gasteiger partial charge in [0.05, 0.1) is 7.11 Å². The van der Waals surface area contributed by atoms with Crippen molar-refractivity contribution >= 4 is 21.7 Å². The maximum absolute atomic E-state index is 10.8. The topological polar surface area (TPSA) is 120 Å². The number of ether oxygens (including phenoxy) is 1. The van der Waals surface area contributed by atoms with E-state index in [9.17, 15) is 8.42 Å². The van der Waals surface area contributed by atoms with E-state index in [0.29, 0.717) is 0 Å². The van der Waals surface area contributed by atoms with E-state index in [4.69, 9.17) is 20.9 Å². The summed E-state index contributed by atoms with van der Waals surface area (Å²) in [6.07, 6.45) is 1.02. The van der Waals surface area contributed by atoms with Gasteiger partial charge in [0.2, 0.25) is 5.88 Å². The van der Waals surface area contributed by atoms with E-state index in [1.54, 1.807) is 0 Å². The lowest BCUT2D eigenvalue weighted by Gasteiger charge is -2.02. The molecule has 0 fully saturated rings. The second-order valence-corrected chi connectivity index (χ2v) is 4.68. The molecule has 0 atom stereocenters. The Morgan fingerprint density at radius 3 is 2.72 bits per heavy atom. The number of methoxy groups -OCH3 is 1. The number of halogens is 1. The number of aromatic nitrogens is 5. The summed E-state index contributed by atoms with van der Waals surface area (Å²) in [6.45, 7) is 0. The molecule has 2 aromatic rings. The molecule has 0 unspecified atom stereocenters. The maximum atomic E-state index is 10.8. The van der Waals surface area contributed by atoms with E-state index < -0.39 is 15.3 Å². The average molecular weight is 292 g/mol. The molecular formula is C7H6ClN5O4S. The lowest BCUT2D eigenvalue weighted by molar-refractivity contribution is 0.395. The maximum Gasteiger partial charge on any atom is 0.332 e. The highest BCUT2D eigenvalue weighted by molar-refractivity contribution is 7.85. The Kier molecular flexibility index (Phi) is 3.15. The zero-order valence-electron chi connectivity index (χ0n) is 8.85. The summed E-state index contributed by atoms with van der Waals surface area (Å²) < 4.78 is 36.1. The molecule has 9 nitrogen and oxygen atoms in total. The molecule has 18 heavy (non-hydrogen) atoms. The highest BCUT2D eigenvalue weighted by Gasteiger charge is 2.17. The molecule has 1 N–H and O–H groups in total. The second kappa shape index (κ2) is 4.48. The van der Waals surface area contributed by atoms with Crippen molar-refractivity contribution in [2.45, 2.75) is 5.16 Å². The molecule has 0 aliphatic heterocycles. The van der Waals surface area contributed by atoms with Crippen LogP contribution in [0.2, 0.25) is 5.15 Å². The number of rotatable bonds is 3. The Balaban J connectivity index is 2.49. The minimum atomic E-state index is -4.48. The van der Waals surface area contributed by atoms with Crippen LogP contribution >= 0.6 is 11.6 Å². The number of nitrogens with zero attached hydrogens (tertiary/aromatic N) is 5. The molecule has 0 aliphatic rings. The first-order valence-corrected chi connectivity index (χ1v) is 6.20. The zero-order chi connectivity index (χ0) is 13.3. The summed E-state index contributed by atoms with van der Waals surface area (Å²) in [5, 5.41) is 2.82. The van der Waals surface area contributed by atoms with E-state index >= 15 is 0 Å². The Morgan fingerprint density at radius 1 is 1.44 bits per heavy atom. The molecule has 0 radical (unpaired) electrons. The van der Waals surface area contributed by atoms with E-state index in [2.05, 4.69) is 20.1 Å². The Labute approximate surface area is 106 Å². The van der Waals surface area contributed by atoms with Gasteiger partial charge in [-0.3, -0.25) is 4.55 Å². The van der Waals surface area contributed by atoms with Crippen molar-refractivity contribution in [1.82, 2.24) is 24.7 Å². The van der Waals surface area contributed by atoms with Gasteiger partial charge in [-0.1, -0.05) is 11.6 Å². The molecule has 2 aromatic heterocycles. The lowest BCUT2D eigenvalue weighted by Crippen LogP contribution is -2.06. The molecule has 96 valence electrons. The fourth-order valence-corrected chi connectivity index (χ4v) is 1.60. The molecule has 11 heteroatoms. The van der Waals surface area contributed by atoms with E-state index in [1.165, 1.54) is 13.2 Å². The summed E-state index contributed by atoms with van der Waals surface area (Å²) in [4.78, 5) is 11.1. The van der Waals surface area contributed by atoms with Gasteiger partial charge < -0.3 is 4.74 Å². The molecule has 0 aromatic carbocycles. The van der Waals surface area contributed by atoms with Crippen LogP contribution in [-0.4, -0.2) is 44.8 Å². The normalized spacial score (nSPS) is 11.5. The van der Waals surface area contributed by atoms with Crippen molar-refractivity contribution in [2.24, 2.45) is 0 Å². The van der Waals surface area contributed by atoms with Crippen molar-refractivity contribution in [2.75, 3.05) is 7.11 Å². The van der Waals surface area contributed by atoms with Gasteiger partial charge in [-0.15, -0.1) is 5.10 Å². The fourth-order valence-electron chi connectivity index (χ4n) is 1.05. The minimum absolute atomic E-state index is 0.0400. The SMILES string of the molecule is COc1cc(Cl)nc(-n2cnc(S(=O)(=O)O)n2)n1. The van der Waals surface area contributed by atoms with Gasteiger partial charge in [-0.2, -0.15) is 23.1 Å². The third kappa shape index (κ3) is 2.55. The standard InChI is InChI=1S/C7H6ClN5O4S/c1-17-5-2-4(8)10-6(11-5)13-3-9-7(12-13)18(14,15)16/h2-3H,1H3,(H,14,15,16). The molecule has 0 bridgehead atoms. The number of hydrogen-bond donors (Lipinski definition) is 1. The molecular weight excluding hydrogens is 286 g/mol. The highest BCUT2D eigenvalue weighted by Crippen LogP contribution is 2.15. The van der Waals surface area contributed by atoms with Gasteiger partial charge in [0.15, 0.2) is 0 Å². The Hall–Kier alpha value is -1.78. The zero-order valence-corrected chi connectivity index (χ0v) is 10.4. The lowest BCUT2D eigenvalue weighted by atomic mass is 10.6. The van der Waals surface area contributed by atoms with Crippen LogP contribution in [0.25, 0.3) is 5.95 Å². The first-order valence-electron chi connectivity index (χ1n) is 4.38. The monoisotopic (exact) mass is 291 g/mol. The van der Waals surface area contributed by atoms with Gasteiger partial charge >= 0.3 is 10.1 Å². The van der Waals surface area contributed by atoms with Crippen LogP contribution in [0.5, 0.6) is 5.88 Å². The molecule has 0 amide bonds. The van der Waals surface area contributed by atoms with Crippen LogP contribution in [0, 0.1) is 0 Å². The third-order valence-corrected chi connectivity index (χ3v) is 2.62. The van der Waals surface area contributed by atoms with Crippen LogP contribution in [0.3, 0.4) is 0 Å². The fraction of sp³-hybridized carbons (Fsp3) is 0.143. The highest BCUT2D eigenvalue weighted by atomic mass is 35.5. The smallest absolute Gasteiger partial charge is 0.332 e. The van der Waals surface area contributed by atoms with Crippen molar-refractivity contribution in [3.05, 3.63) is 17.5 Å². The van der Waals surface area contributed by atoms with Crippen LogP contribution in [0.4, 0.5) is 0 Å². The van der Waals surface area contributed by atoms with Crippen LogP contribution < -0.4 is 4.74 Å². The first-order chi connectivity index (χ1) is 8.40. The Morgan fingerprint density at radius 2 is 2.17 bits per heavy atom. The van der Waals surface area contributed by atoms with E-state index in [1.807, 2.05) is 0 Å². The third-order valence-electron chi connectivity index (χ3n) is 1.78. The van der Waals surface area contributed by atoms with Crippen molar-refractivity contribution in [3.63, 3.8) is 0 Å². The number of hydrogen-bond acceptors (Lipinski definition) is 7. The predicted molar refractivity (Wildman–Crippen MR) is 58.3 cm³/mol. The molecule has 0 spiro atoms. The van der Waals surface area contributed by atoms with Crippen molar-refractivity contribution in [3.8, 4) is 11.8 Å². The molecule has 2 heterocycles. The van der Waals surface area contributed by atoms with Gasteiger partial charge in [0.1, 0.15) is 11.5 Å². The van der Waals surface area contributed by atoms with Gasteiger partial charge in [0, 0.05) is 6.07 Å². The van der Waals surface area contributed by atoms with Gasteiger partial charge in [-0.05, 0) is 0 Å². The molecule has 0 aliphatic carbocycles. The van der Waals surface area contributed by atoms with Gasteiger partial charge in [0.25, 0.3) is 11.1 Å². The van der Waals surface area contributed by atoms with Gasteiger partial charge in [-0.25, -0.2) is 4.98 Å². The van der Waals surface area contributed by atoms with Crippen molar-refractivity contribution in [1.29, 1.82) is 0 Å². The van der Waals surface area contributed by atoms with Crippen molar-refractivity contribution < 1.29 is 17.7 Å². The van der Waals surface area contributed by atoms with Crippen LogP contribution in [0.1, 0.15) is 0 Å². The molecule has 0 saturated carbocycles. The molecule has 2 rings (SSSR count). The predicted octanol–water partition coefficient (Wildman–Crippen LogP) is -0.0340. The second-order valence-electron chi connectivity index (χ2n) is 2.98. The Bertz CT molecular complexity index is 685. The first kappa shape index (κ1) is 12.7. The van der Waals surface area contributed by atoms with E-state index in [0.717, 1.165) is 11.0 Å². The largest absolute Gasteiger partial charge is 0.481 e.